The zero-order valence-electron chi connectivity index (χ0n) is 14.4. The van der Waals surface area contributed by atoms with Crippen molar-refractivity contribution in [1.82, 2.24) is 4.90 Å². The van der Waals surface area contributed by atoms with E-state index in [0.717, 1.165) is 16.7 Å². The van der Waals surface area contributed by atoms with Crippen molar-refractivity contribution in [2.24, 2.45) is 0 Å². The summed E-state index contributed by atoms with van der Waals surface area (Å²) in [5.74, 6) is 0.600. The maximum Gasteiger partial charge on any atom is 0.348 e. The first kappa shape index (κ1) is 16.7. The highest BCUT2D eigenvalue weighted by Gasteiger charge is 2.44. The lowest BCUT2D eigenvalue weighted by Gasteiger charge is -2.38. The molecule has 1 saturated heterocycles. The topological polar surface area (TPSA) is 62.9 Å². The Kier molecular flexibility index (Phi) is 4.39. The summed E-state index contributed by atoms with van der Waals surface area (Å²) in [6.07, 6.45) is 0.884. The van der Waals surface area contributed by atoms with E-state index in [9.17, 15) is 9.90 Å². The summed E-state index contributed by atoms with van der Waals surface area (Å²) in [7, 11) is 0. The van der Waals surface area contributed by atoms with Crippen LogP contribution < -0.4 is 4.74 Å². The Morgan fingerprint density at radius 1 is 1.08 bits per heavy atom. The first-order chi connectivity index (χ1) is 12.6. The molecule has 0 bridgehead atoms. The van der Waals surface area contributed by atoms with Gasteiger partial charge in [0.1, 0.15) is 17.1 Å². The second-order valence-electron chi connectivity index (χ2n) is 6.74. The SMILES string of the molecule is O=C(O)C1(Oc2ccccc2)CCN(Cc2cc3ccccc3o2)CC1. The number of rotatable bonds is 5. The highest BCUT2D eigenvalue weighted by molar-refractivity contribution is 5.78. The number of hydrogen-bond acceptors (Lipinski definition) is 4. The monoisotopic (exact) mass is 351 g/mol. The second-order valence-corrected chi connectivity index (χ2v) is 6.74. The third-order valence-electron chi connectivity index (χ3n) is 4.97. The number of likely N-dealkylation sites (tertiary alicyclic amines) is 1. The number of furan rings is 1. The molecule has 134 valence electrons. The van der Waals surface area contributed by atoms with Crippen molar-refractivity contribution in [3.63, 3.8) is 0 Å². The zero-order valence-corrected chi connectivity index (χ0v) is 14.4. The molecule has 4 rings (SSSR count). The van der Waals surface area contributed by atoms with Crippen molar-refractivity contribution in [1.29, 1.82) is 0 Å². The first-order valence-corrected chi connectivity index (χ1v) is 8.82. The highest BCUT2D eigenvalue weighted by Crippen LogP contribution is 2.30. The van der Waals surface area contributed by atoms with Gasteiger partial charge in [-0.15, -0.1) is 0 Å². The van der Waals surface area contributed by atoms with Crippen LogP contribution in [0.3, 0.4) is 0 Å². The Morgan fingerprint density at radius 3 is 2.46 bits per heavy atom. The van der Waals surface area contributed by atoms with Crippen molar-refractivity contribution in [3.8, 4) is 5.75 Å². The number of carboxylic acid groups (broad SMARTS) is 1. The molecule has 5 heteroatoms. The van der Waals surface area contributed by atoms with Gasteiger partial charge in [-0.3, -0.25) is 4.90 Å². The number of ether oxygens (including phenoxy) is 1. The quantitative estimate of drug-likeness (QED) is 0.754. The minimum atomic E-state index is -1.16. The normalized spacial score (nSPS) is 17.2. The summed E-state index contributed by atoms with van der Waals surface area (Å²) in [6.45, 7) is 1.97. The third-order valence-corrected chi connectivity index (χ3v) is 4.97. The molecule has 0 amide bonds. The summed E-state index contributed by atoms with van der Waals surface area (Å²) in [4.78, 5) is 14.1. The maximum absolute atomic E-state index is 11.9. The third kappa shape index (κ3) is 3.30. The van der Waals surface area contributed by atoms with Crippen LogP contribution in [0.2, 0.25) is 0 Å². The van der Waals surface area contributed by atoms with Crippen LogP contribution in [-0.4, -0.2) is 34.7 Å². The van der Waals surface area contributed by atoms with E-state index in [0.29, 0.717) is 38.2 Å². The van der Waals surface area contributed by atoms with Gasteiger partial charge in [0.25, 0.3) is 0 Å². The molecule has 1 fully saturated rings. The Morgan fingerprint density at radius 2 is 1.77 bits per heavy atom. The molecule has 5 nitrogen and oxygen atoms in total. The molecule has 0 spiro atoms. The van der Waals surface area contributed by atoms with Crippen LogP contribution in [0.1, 0.15) is 18.6 Å². The summed E-state index contributed by atoms with van der Waals surface area (Å²) >= 11 is 0. The molecule has 0 saturated carbocycles. The molecule has 1 N–H and O–H groups in total. The smallest absolute Gasteiger partial charge is 0.348 e. The molecular weight excluding hydrogens is 330 g/mol. The standard InChI is InChI=1S/C21H21NO4/c23-20(24)21(26-17-7-2-1-3-8-17)10-12-22(13-11-21)15-18-14-16-6-4-5-9-19(16)25-18/h1-9,14H,10-13,15H2,(H,23,24). The van der Waals surface area contributed by atoms with Gasteiger partial charge in [0, 0.05) is 31.3 Å². The molecule has 2 aromatic carbocycles. The average molecular weight is 351 g/mol. The Bertz CT molecular complexity index is 862. The molecule has 0 unspecified atom stereocenters. The Hall–Kier alpha value is -2.79. The molecular formula is C21H21NO4. The van der Waals surface area contributed by atoms with Crippen LogP contribution in [-0.2, 0) is 11.3 Å². The lowest BCUT2D eigenvalue weighted by atomic mass is 9.91. The van der Waals surface area contributed by atoms with Gasteiger partial charge < -0.3 is 14.3 Å². The molecule has 1 aliphatic heterocycles. The molecule has 0 atom stereocenters. The number of carboxylic acids is 1. The van der Waals surface area contributed by atoms with Gasteiger partial charge in [0.2, 0.25) is 5.60 Å². The van der Waals surface area contributed by atoms with Crippen LogP contribution >= 0.6 is 0 Å². The number of piperidine rings is 1. The van der Waals surface area contributed by atoms with E-state index in [1.165, 1.54) is 0 Å². The van der Waals surface area contributed by atoms with Crippen molar-refractivity contribution >= 4 is 16.9 Å². The maximum atomic E-state index is 11.9. The van der Waals surface area contributed by atoms with Crippen LogP contribution in [0.25, 0.3) is 11.0 Å². The molecule has 0 aliphatic carbocycles. The number of nitrogens with zero attached hydrogens (tertiary/aromatic N) is 1. The number of fused-ring (bicyclic) bond motifs is 1. The van der Waals surface area contributed by atoms with E-state index in [1.807, 2.05) is 42.5 Å². The van der Waals surface area contributed by atoms with E-state index < -0.39 is 11.6 Å². The minimum absolute atomic E-state index is 0.442. The summed E-state index contributed by atoms with van der Waals surface area (Å²) in [6, 6.07) is 19.2. The zero-order chi connectivity index (χ0) is 18.0. The van der Waals surface area contributed by atoms with Gasteiger partial charge in [-0.2, -0.15) is 0 Å². The van der Waals surface area contributed by atoms with Gasteiger partial charge in [0.05, 0.1) is 6.54 Å². The highest BCUT2D eigenvalue weighted by atomic mass is 16.5. The Labute approximate surface area is 151 Å². The van der Waals surface area contributed by atoms with Gasteiger partial charge in [-0.05, 0) is 24.3 Å². The van der Waals surface area contributed by atoms with Crippen molar-refractivity contribution in [3.05, 3.63) is 66.4 Å². The fraction of sp³-hybridized carbons (Fsp3) is 0.286. The molecule has 1 aromatic heterocycles. The summed E-state index contributed by atoms with van der Waals surface area (Å²) in [5.41, 5.74) is -0.280. The van der Waals surface area contributed by atoms with E-state index in [-0.39, 0.29) is 0 Å². The van der Waals surface area contributed by atoms with Crippen LogP contribution in [0, 0.1) is 0 Å². The predicted octanol–water partition coefficient (Wildman–Crippen LogP) is 3.93. The largest absolute Gasteiger partial charge is 0.478 e. The molecule has 2 heterocycles. The lowest BCUT2D eigenvalue weighted by Crippen LogP contribution is -2.53. The fourth-order valence-corrected chi connectivity index (χ4v) is 3.48. The summed E-state index contributed by atoms with van der Waals surface area (Å²) < 4.78 is 11.8. The average Bonchev–Trinajstić information content (AvgIpc) is 3.06. The van der Waals surface area contributed by atoms with Gasteiger partial charge in [-0.1, -0.05) is 36.4 Å². The molecule has 1 aliphatic rings. The number of carbonyl (C=O) groups is 1. The minimum Gasteiger partial charge on any atom is -0.478 e. The van der Waals surface area contributed by atoms with E-state index in [4.69, 9.17) is 9.15 Å². The lowest BCUT2D eigenvalue weighted by molar-refractivity contribution is -0.159. The van der Waals surface area contributed by atoms with Crippen LogP contribution in [0.4, 0.5) is 0 Å². The Balaban J connectivity index is 1.43. The number of aliphatic carboxylic acids is 1. The van der Waals surface area contributed by atoms with Crippen LogP contribution in [0.15, 0.2) is 65.1 Å². The number of para-hydroxylation sites is 2. The molecule has 0 radical (unpaired) electrons. The van der Waals surface area contributed by atoms with Crippen LogP contribution in [0.5, 0.6) is 5.75 Å². The van der Waals surface area contributed by atoms with E-state index in [2.05, 4.69) is 11.0 Å². The van der Waals surface area contributed by atoms with Gasteiger partial charge in [-0.25, -0.2) is 4.79 Å². The van der Waals surface area contributed by atoms with E-state index in [1.54, 1.807) is 12.1 Å². The first-order valence-electron chi connectivity index (χ1n) is 8.82. The van der Waals surface area contributed by atoms with Crippen molar-refractivity contribution in [2.75, 3.05) is 13.1 Å². The molecule has 26 heavy (non-hydrogen) atoms. The summed E-state index contributed by atoms with van der Waals surface area (Å²) in [5, 5.41) is 10.8. The molecule has 3 aromatic rings. The van der Waals surface area contributed by atoms with Gasteiger partial charge >= 0.3 is 5.97 Å². The predicted molar refractivity (Wildman–Crippen MR) is 98.2 cm³/mol. The van der Waals surface area contributed by atoms with Gasteiger partial charge in [0.15, 0.2) is 0 Å². The number of benzene rings is 2. The van der Waals surface area contributed by atoms with Crippen molar-refractivity contribution < 1.29 is 19.1 Å². The van der Waals surface area contributed by atoms with Crippen molar-refractivity contribution in [2.45, 2.75) is 25.0 Å². The second kappa shape index (κ2) is 6.84. The number of hydrogen-bond donors (Lipinski definition) is 1. The fourth-order valence-electron chi connectivity index (χ4n) is 3.48. The van der Waals surface area contributed by atoms with E-state index >= 15 is 0 Å².